The Balaban J connectivity index is 1.71. The second-order valence-corrected chi connectivity index (χ2v) is 5.76. The van der Waals surface area contributed by atoms with E-state index < -0.39 is 0 Å². The van der Waals surface area contributed by atoms with E-state index >= 15 is 0 Å². The summed E-state index contributed by atoms with van der Waals surface area (Å²) in [7, 11) is 0. The average Bonchev–Trinajstić information content (AvgIpc) is 3.00. The van der Waals surface area contributed by atoms with Gasteiger partial charge in [-0.05, 0) is 0 Å². The fraction of sp³-hybridized carbons (Fsp3) is 0.364. The lowest BCUT2D eigenvalue weighted by Crippen LogP contribution is -2.27. The zero-order chi connectivity index (χ0) is 12.8. The third-order valence-corrected chi connectivity index (χ3v) is 4.20. The summed E-state index contributed by atoms with van der Waals surface area (Å²) in [6, 6.07) is 0. The number of hydrogen-bond donors (Lipinski definition) is 1. The van der Waals surface area contributed by atoms with Crippen LogP contribution in [-0.4, -0.2) is 22.4 Å². The molecule has 2 rings (SSSR count). The molecule has 0 atom stereocenters. The molecule has 4 nitrogen and oxygen atoms in total. The third-order valence-electron chi connectivity index (χ3n) is 2.19. The number of hydrogen-bond acceptors (Lipinski definition) is 5. The summed E-state index contributed by atoms with van der Waals surface area (Å²) >= 11 is 8.72. The highest BCUT2D eigenvalue weighted by Gasteiger charge is 2.07. The van der Waals surface area contributed by atoms with Gasteiger partial charge in [0.25, 0.3) is 0 Å². The highest BCUT2D eigenvalue weighted by molar-refractivity contribution is 7.09. The van der Waals surface area contributed by atoms with Crippen LogP contribution in [-0.2, 0) is 23.5 Å². The van der Waals surface area contributed by atoms with Crippen molar-refractivity contribution >= 4 is 40.2 Å². The standard InChI is InChI=1S/C11H12ClN3OS2/c12-6-8-7-18-11(15-8)5-9(16)13-2-1-10-14-3-4-17-10/h3-4,7H,1-2,5-6H2,(H,13,16). The molecule has 0 saturated carbocycles. The van der Waals surface area contributed by atoms with Gasteiger partial charge in [-0.25, -0.2) is 9.97 Å². The van der Waals surface area contributed by atoms with Crippen molar-refractivity contribution in [1.82, 2.24) is 15.3 Å². The molecule has 0 aliphatic rings. The molecular weight excluding hydrogens is 290 g/mol. The minimum absolute atomic E-state index is 0.0120. The minimum atomic E-state index is -0.0120. The molecule has 0 unspecified atom stereocenters. The van der Waals surface area contributed by atoms with Crippen LogP contribution in [0.15, 0.2) is 17.0 Å². The van der Waals surface area contributed by atoms with Crippen LogP contribution in [0.25, 0.3) is 0 Å². The Labute approximate surface area is 118 Å². The van der Waals surface area contributed by atoms with E-state index in [0.29, 0.717) is 18.8 Å². The highest BCUT2D eigenvalue weighted by atomic mass is 35.5. The molecule has 0 spiro atoms. The van der Waals surface area contributed by atoms with Crippen LogP contribution in [0.1, 0.15) is 15.7 Å². The van der Waals surface area contributed by atoms with Crippen molar-refractivity contribution in [1.29, 1.82) is 0 Å². The smallest absolute Gasteiger partial charge is 0.226 e. The van der Waals surface area contributed by atoms with E-state index in [1.807, 2.05) is 10.8 Å². The van der Waals surface area contributed by atoms with Gasteiger partial charge in [0.05, 0.1) is 23.0 Å². The Hall–Kier alpha value is -0.980. The molecule has 0 bridgehead atoms. The van der Waals surface area contributed by atoms with E-state index in [1.165, 1.54) is 11.3 Å². The lowest BCUT2D eigenvalue weighted by atomic mass is 10.4. The number of halogens is 1. The Bertz CT molecular complexity index is 498. The molecule has 18 heavy (non-hydrogen) atoms. The lowest BCUT2D eigenvalue weighted by Gasteiger charge is -2.01. The third kappa shape index (κ3) is 4.04. The van der Waals surface area contributed by atoms with Crippen LogP contribution in [0.4, 0.5) is 0 Å². The maximum Gasteiger partial charge on any atom is 0.226 e. The number of nitrogens with zero attached hydrogens (tertiary/aromatic N) is 2. The van der Waals surface area contributed by atoms with Crippen molar-refractivity contribution in [2.45, 2.75) is 18.7 Å². The first kappa shape index (κ1) is 13.5. The SMILES string of the molecule is O=C(Cc1nc(CCl)cs1)NCCc1nccs1. The van der Waals surface area contributed by atoms with Crippen molar-refractivity contribution in [3.05, 3.63) is 32.7 Å². The number of nitrogens with one attached hydrogen (secondary N) is 1. The fourth-order valence-electron chi connectivity index (χ4n) is 1.38. The highest BCUT2D eigenvalue weighted by Crippen LogP contribution is 2.12. The molecule has 0 aliphatic carbocycles. The Kier molecular flexibility index (Phi) is 5.10. The number of alkyl halides is 1. The Morgan fingerprint density at radius 1 is 1.39 bits per heavy atom. The van der Waals surface area contributed by atoms with Crippen molar-refractivity contribution < 1.29 is 4.79 Å². The Morgan fingerprint density at radius 3 is 2.94 bits per heavy atom. The van der Waals surface area contributed by atoms with Gasteiger partial charge in [-0.3, -0.25) is 4.79 Å². The topological polar surface area (TPSA) is 54.9 Å². The Morgan fingerprint density at radius 2 is 2.28 bits per heavy atom. The lowest BCUT2D eigenvalue weighted by molar-refractivity contribution is -0.120. The predicted molar refractivity (Wildman–Crippen MR) is 74.2 cm³/mol. The monoisotopic (exact) mass is 301 g/mol. The summed E-state index contributed by atoms with van der Waals surface area (Å²) in [5.41, 5.74) is 0.826. The first-order valence-electron chi connectivity index (χ1n) is 5.42. The van der Waals surface area contributed by atoms with Gasteiger partial charge in [-0.1, -0.05) is 0 Å². The second-order valence-electron chi connectivity index (χ2n) is 3.57. The van der Waals surface area contributed by atoms with E-state index in [2.05, 4.69) is 15.3 Å². The van der Waals surface area contributed by atoms with E-state index in [4.69, 9.17) is 11.6 Å². The number of thiazole rings is 2. The summed E-state index contributed by atoms with van der Waals surface area (Å²) in [6.45, 7) is 0.611. The number of aromatic nitrogens is 2. The number of carbonyl (C=O) groups is 1. The van der Waals surface area contributed by atoms with Crippen LogP contribution in [0.5, 0.6) is 0 Å². The predicted octanol–water partition coefficient (Wildman–Crippen LogP) is 2.24. The first-order valence-corrected chi connectivity index (χ1v) is 7.71. The number of amides is 1. The van der Waals surface area contributed by atoms with Gasteiger partial charge >= 0.3 is 0 Å². The van der Waals surface area contributed by atoms with Crippen LogP contribution >= 0.6 is 34.3 Å². The molecule has 2 aromatic rings. The average molecular weight is 302 g/mol. The minimum Gasteiger partial charge on any atom is -0.355 e. The molecule has 1 N–H and O–H groups in total. The van der Waals surface area contributed by atoms with Crippen molar-refractivity contribution in [2.75, 3.05) is 6.54 Å². The van der Waals surface area contributed by atoms with Gasteiger partial charge in [0.2, 0.25) is 5.91 Å². The number of rotatable bonds is 6. The van der Waals surface area contributed by atoms with Crippen LogP contribution in [0, 0.1) is 0 Å². The summed E-state index contributed by atoms with van der Waals surface area (Å²) < 4.78 is 0. The van der Waals surface area contributed by atoms with E-state index in [9.17, 15) is 4.79 Å². The summed E-state index contributed by atoms with van der Waals surface area (Å²) in [5.74, 6) is 0.379. The maximum atomic E-state index is 11.6. The van der Waals surface area contributed by atoms with Gasteiger partial charge in [-0.2, -0.15) is 0 Å². The van der Waals surface area contributed by atoms with Crippen LogP contribution in [0.2, 0.25) is 0 Å². The molecule has 7 heteroatoms. The van der Waals surface area contributed by atoms with E-state index in [-0.39, 0.29) is 5.91 Å². The summed E-state index contributed by atoms with van der Waals surface area (Å²) in [4.78, 5) is 20.0. The zero-order valence-electron chi connectivity index (χ0n) is 9.56. The molecule has 0 radical (unpaired) electrons. The number of carbonyl (C=O) groups excluding carboxylic acids is 1. The molecule has 1 amide bonds. The molecule has 0 saturated heterocycles. The van der Waals surface area contributed by atoms with Gasteiger partial charge < -0.3 is 5.32 Å². The maximum absolute atomic E-state index is 11.6. The van der Waals surface area contributed by atoms with Crippen LogP contribution in [0.3, 0.4) is 0 Å². The van der Waals surface area contributed by atoms with Crippen LogP contribution < -0.4 is 5.32 Å². The van der Waals surface area contributed by atoms with E-state index in [1.54, 1.807) is 17.5 Å². The van der Waals surface area contributed by atoms with Gasteiger partial charge in [0.15, 0.2) is 0 Å². The molecule has 0 fully saturated rings. The summed E-state index contributed by atoms with van der Waals surface area (Å²) in [5, 5.41) is 8.51. The first-order chi connectivity index (χ1) is 8.78. The van der Waals surface area contributed by atoms with Gasteiger partial charge in [0, 0.05) is 29.9 Å². The zero-order valence-corrected chi connectivity index (χ0v) is 11.9. The molecule has 0 aliphatic heterocycles. The quantitative estimate of drug-likeness (QED) is 0.833. The van der Waals surface area contributed by atoms with Crippen molar-refractivity contribution in [2.24, 2.45) is 0 Å². The molecular formula is C11H12ClN3OS2. The second kappa shape index (κ2) is 6.82. The van der Waals surface area contributed by atoms with Gasteiger partial charge in [0.1, 0.15) is 5.01 Å². The summed E-state index contributed by atoms with van der Waals surface area (Å²) in [6.07, 6.45) is 2.86. The van der Waals surface area contributed by atoms with Crippen molar-refractivity contribution in [3.8, 4) is 0 Å². The van der Waals surface area contributed by atoms with Crippen molar-refractivity contribution in [3.63, 3.8) is 0 Å². The molecule has 96 valence electrons. The molecule has 0 aromatic carbocycles. The normalized spacial score (nSPS) is 10.5. The molecule has 2 heterocycles. The van der Waals surface area contributed by atoms with Gasteiger partial charge in [-0.15, -0.1) is 34.3 Å². The van der Waals surface area contributed by atoms with E-state index in [0.717, 1.165) is 22.1 Å². The fourth-order valence-corrected chi connectivity index (χ4v) is 3.02. The molecule has 2 aromatic heterocycles. The largest absolute Gasteiger partial charge is 0.355 e.